The van der Waals surface area contributed by atoms with Crippen LogP contribution in [0.4, 0.5) is 5.82 Å². The maximum atomic E-state index is 12.4. The SMILES string of the molecule is CNc1cccc(CCOc2ccc(CC(CC(=O)O)c3ncco3)cc2)n1.COC(=O)C/C(=C/c1ccc(OC)cc1)C(=O)OCc1ccccc1.COC(=O)CC(Cc1ccc(OC)cc1)C(=O)NCC(OC)OC.COC(=O)CC(Cc1ccc(OC)cc1)C(=O)NCC=O.COC(=O)CC(Cc1ccc(OC)cc1)C(=O)O.COC(=O)CC(Cc1ccc(OC)cc1)c1ncco1.O=Cc1ccc(Br)cc1. The van der Waals surface area contributed by atoms with E-state index in [0.29, 0.717) is 79.6 Å². The van der Waals surface area contributed by atoms with Crippen LogP contribution in [0.1, 0.15) is 117 Å². The molecule has 0 aliphatic heterocycles. The zero-order valence-corrected chi connectivity index (χ0v) is 84.7. The second kappa shape index (κ2) is 69.1. The van der Waals surface area contributed by atoms with Gasteiger partial charge in [0.05, 0.1) is 171 Å². The molecule has 5 unspecified atom stereocenters. The van der Waals surface area contributed by atoms with Crippen molar-refractivity contribution < 1.29 is 143 Å². The Morgan fingerprint density at radius 3 is 1.21 bits per heavy atom. The average Bonchev–Trinajstić information content (AvgIpc) is 1.84. The number of aliphatic carboxylic acids is 2. The molecule has 0 spiro atoms. The Morgan fingerprint density at radius 1 is 0.421 bits per heavy atom. The minimum Gasteiger partial charge on any atom is -0.497 e. The number of carbonyl (C=O) groups excluding carboxylic acids is 10. The molecule has 37 heteroatoms. The summed E-state index contributed by atoms with van der Waals surface area (Å²) in [4.78, 5) is 149. The van der Waals surface area contributed by atoms with Gasteiger partial charge in [0.1, 0.15) is 72.0 Å². The number of rotatable bonds is 48. The molecule has 36 nitrogen and oxygen atoms in total. The molecule has 0 aliphatic carbocycles. The molecule has 11 aromatic rings. The fourth-order valence-corrected chi connectivity index (χ4v) is 13.5. The van der Waals surface area contributed by atoms with Gasteiger partial charge in [0.15, 0.2) is 18.1 Å². The number of methoxy groups -OCH3 is 12. The standard InChI is InChI=1S/C21H23N3O4.C20H20O5.C17H25NO6.C15H19NO5.C15H17NO4.C13H16O5.C7H5BrO/c1-22-19-4-2-3-17(24-19)9-11-27-18-7-5-15(6-8-18)13-16(14-20(25)26)21-23-10-12-28-21;1-23-18-10-8-15(9-11-18)12-17(13-19(21)24-2)20(22)25-14-16-6-4-3-5-7-16;1-21-14-7-5-12(6-8-14)9-13(10-15(19)22-2)17(20)18-11-16(23-3)24-4;1-20-13-5-3-11(4-6-13)9-12(10-14(18)21-2)15(19)16-7-8-17;1-18-13-5-3-11(4-6-13)9-12(10-14(17)19-2)15-16-7-8-20-15;1-17-11-5-3-9(4-6-11)7-10(13(15)16)8-12(14)18-2;8-7-3-1-6(5-9)2-4-7/h2-8,10,12,16H,9,11,13-14H2,1H3,(H,22,24)(H,25,26);3-12H,13-14H2,1-2H3;5-8,13,16H,9-11H2,1-4H3,(H,18,20);3-6,8,12H,7,9-10H2,1-2H3,(H,16,19);3-8,12H,9-10H2,1-2H3;3-6,10H,7-8H2,1-2H3,(H,15,16);1-5H/b;17-12-;;;;;. The van der Waals surface area contributed by atoms with Gasteiger partial charge in [0.2, 0.25) is 11.8 Å². The number of benzene rings is 8. The Morgan fingerprint density at radius 2 is 0.821 bits per heavy atom. The predicted molar refractivity (Wildman–Crippen MR) is 539 cm³/mol. The van der Waals surface area contributed by atoms with Crippen LogP contribution in [0.25, 0.3) is 6.08 Å². The molecule has 3 heterocycles. The first-order valence-corrected chi connectivity index (χ1v) is 46.1. The number of anilines is 1. The lowest BCUT2D eigenvalue weighted by molar-refractivity contribution is -0.149. The van der Waals surface area contributed by atoms with Crippen LogP contribution in [-0.4, -0.2) is 216 Å². The molecule has 3 aromatic heterocycles. The van der Waals surface area contributed by atoms with Gasteiger partial charge in [-0.3, -0.25) is 47.9 Å². The van der Waals surface area contributed by atoms with Crippen molar-refractivity contribution in [3.05, 3.63) is 315 Å². The van der Waals surface area contributed by atoms with E-state index in [2.05, 4.69) is 65.8 Å². The van der Waals surface area contributed by atoms with Crippen molar-refractivity contribution in [2.24, 2.45) is 17.8 Å². The van der Waals surface area contributed by atoms with Crippen LogP contribution in [-0.2, 0) is 136 Å². The number of aromatic nitrogens is 3. The monoisotopic (exact) mass is 2060 g/mol. The van der Waals surface area contributed by atoms with E-state index in [4.69, 9.17) is 66.4 Å². The highest BCUT2D eigenvalue weighted by atomic mass is 79.9. The zero-order chi connectivity index (χ0) is 106. The lowest BCUT2D eigenvalue weighted by atomic mass is 9.95. The number of oxazole rings is 2. The number of hydrogen-bond acceptors (Lipinski definition) is 32. The normalized spacial score (nSPS) is 11.4. The topological polar surface area (TPSA) is 476 Å². The van der Waals surface area contributed by atoms with E-state index in [9.17, 15) is 57.5 Å². The Labute approximate surface area is 850 Å². The van der Waals surface area contributed by atoms with Crippen molar-refractivity contribution in [3.63, 3.8) is 0 Å². The number of aldehydes is 2. The van der Waals surface area contributed by atoms with E-state index < -0.39 is 65.8 Å². The molecule has 0 fully saturated rings. The number of halogens is 1. The zero-order valence-electron chi connectivity index (χ0n) is 83.1. The van der Waals surface area contributed by atoms with Gasteiger partial charge in [-0.15, -0.1) is 0 Å². The number of amides is 2. The van der Waals surface area contributed by atoms with Crippen molar-refractivity contribution in [1.82, 2.24) is 25.6 Å². The van der Waals surface area contributed by atoms with Crippen molar-refractivity contribution in [3.8, 4) is 34.5 Å². The maximum absolute atomic E-state index is 12.4. The van der Waals surface area contributed by atoms with Crippen LogP contribution in [0.5, 0.6) is 34.5 Å². The third-order valence-electron chi connectivity index (χ3n) is 21.2. The third kappa shape index (κ3) is 48.0. The Balaban J connectivity index is 0.000000302. The van der Waals surface area contributed by atoms with E-state index in [-0.39, 0.29) is 99.8 Å². The van der Waals surface area contributed by atoms with Crippen LogP contribution >= 0.6 is 15.9 Å². The lowest BCUT2D eigenvalue weighted by Crippen LogP contribution is -2.39. The molecule has 5 N–H and O–H groups in total. The lowest BCUT2D eigenvalue weighted by Gasteiger charge is -2.19. The summed E-state index contributed by atoms with van der Waals surface area (Å²) >= 11 is 3.26. The summed E-state index contributed by atoms with van der Waals surface area (Å²) in [6.45, 7) is 0.795. The second-order valence-electron chi connectivity index (χ2n) is 31.2. The summed E-state index contributed by atoms with van der Waals surface area (Å²) in [7, 11) is 19.2. The average molecular weight is 2070 g/mol. The first kappa shape index (κ1) is 120. The van der Waals surface area contributed by atoms with Gasteiger partial charge >= 0.3 is 47.8 Å². The first-order valence-electron chi connectivity index (χ1n) is 45.3. The van der Waals surface area contributed by atoms with E-state index >= 15 is 0 Å². The summed E-state index contributed by atoms with van der Waals surface area (Å²) in [6.07, 6.45) is 11.4. The molecular weight excluding hydrogens is 1940 g/mol. The number of pyridine rings is 1. The van der Waals surface area contributed by atoms with Crippen LogP contribution in [0.15, 0.2) is 262 Å². The molecular formula is C108H125BrN6O30. The fourth-order valence-electron chi connectivity index (χ4n) is 13.2. The van der Waals surface area contributed by atoms with Crippen molar-refractivity contribution in [2.45, 2.75) is 102 Å². The highest BCUT2D eigenvalue weighted by Crippen LogP contribution is 2.29. The minimum absolute atomic E-state index is 0.000999. The van der Waals surface area contributed by atoms with Gasteiger partial charge in [-0.2, -0.15) is 0 Å². The van der Waals surface area contributed by atoms with E-state index in [1.54, 1.807) is 121 Å². The quantitative estimate of drug-likeness (QED) is 0.00777. The number of carbonyl (C=O) groups is 12. The molecule has 0 aliphatic rings. The predicted octanol–water partition coefficient (Wildman–Crippen LogP) is 15.1. The summed E-state index contributed by atoms with van der Waals surface area (Å²) in [5, 5.41) is 26.4. The van der Waals surface area contributed by atoms with Crippen molar-refractivity contribution >= 4 is 100.0 Å². The highest BCUT2D eigenvalue weighted by Gasteiger charge is 2.28. The molecule has 0 bridgehead atoms. The Bertz CT molecular complexity index is 5680. The van der Waals surface area contributed by atoms with E-state index in [1.165, 1.54) is 68.5 Å². The van der Waals surface area contributed by atoms with E-state index in [0.717, 1.165) is 78.5 Å². The molecule has 145 heavy (non-hydrogen) atoms. The Hall–Kier alpha value is -15.9. The van der Waals surface area contributed by atoms with Crippen LogP contribution in [0, 0.1) is 17.8 Å². The van der Waals surface area contributed by atoms with Crippen molar-refractivity contribution in [1.29, 1.82) is 0 Å². The molecule has 2 amide bonds. The van der Waals surface area contributed by atoms with Gasteiger partial charge in [0, 0.05) is 49.0 Å². The molecule has 0 radical (unpaired) electrons. The molecule has 774 valence electrons. The number of carboxylic acids is 2. The van der Waals surface area contributed by atoms with Gasteiger partial charge in [0.25, 0.3) is 0 Å². The number of nitrogens with zero attached hydrogens (tertiary/aromatic N) is 3. The molecule has 11 rings (SSSR count). The molecule has 0 saturated heterocycles. The van der Waals surface area contributed by atoms with Crippen LogP contribution in [0.2, 0.25) is 0 Å². The van der Waals surface area contributed by atoms with Gasteiger partial charge < -0.3 is 106 Å². The van der Waals surface area contributed by atoms with Gasteiger partial charge in [-0.1, -0.05) is 137 Å². The van der Waals surface area contributed by atoms with Crippen molar-refractivity contribution in [2.75, 3.05) is 117 Å². The Kier molecular flexibility index (Phi) is 57.0. The highest BCUT2D eigenvalue weighted by molar-refractivity contribution is 9.10. The fraction of sp³-hybridized carbons (Fsp3) is 0.324. The summed E-state index contributed by atoms with van der Waals surface area (Å²) in [6, 6.07) is 66.5. The summed E-state index contributed by atoms with van der Waals surface area (Å²) in [5.74, 6) is -1.29. The molecule has 8 aromatic carbocycles. The largest absolute Gasteiger partial charge is 0.497 e. The smallest absolute Gasteiger partial charge is 0.334 e. The number of carboxylic acid groups (broad SMARTS) is 2. The van der Waals surface area contributed by atoms with Gasteiger partial charge in [-0.25, -0.2) is 19.7 Å². The summed E-state index contributed by atoms with van der Waals surface area (Å²) < 4.78 is 81.3. The summed E-state index contributed by atoms with van der Waals surface area (Å²) in [5.41, 5.74) is 8.28. The molecule has 5 atom stereocenters. The molecule has 0 saturated carbocycles. The third-order valence-corrected chi connectivity index (χ3v) is 21.7. The van der Waals surface area contributed by atoms with Gasteiger partial charge in [-0.05, 0) is 174 Å². The van der Waals surface area contributed by atoms with Crippen LogP contribution in [0.3, 0.4) is 0 Å². The van der Waals surface area contributed by atoms with E-state index in [1.807, 2.05) is 153 Å². The van der Waals surface area contributed by atoms with Crippen LogP contribution < -0.4 is 44.4 Å². The number of nitrogens with one attached hydrogen (secondary N) is 3. The minimum atomic E-state index is -1.00. The second-order valence-corrected chi connectivity index (χ2v) is 32.1. The number of hydrogen-bond donors (Lipinski definition) is 5. The number of esters is 6. The number of ether oxygens (including phenoxy) is 14. The maximum Gasteiger partial charge on any atom is 0.334 e. The first-order chi connectivity index (χ1) is 70.0.